The zero-order valence-electron chi connectivity index (χ0n) is 15.5. The molecule has 3 aliphatic carbocycles. The van der Waals surface area contributed by atoms with E-state index in [0.29, 0.717) is 6.04 Å². The SMILES string of the molecule is O=c1[nH]c2c(c3c1CCCC3)Cc1cc(CNC3CCCCC3)ccc1-2. The lowest BCUT2D eigenvalue weighted by atomic mass is 9.88. The minimum Gasteiger partial charge on any atom is -0.321 e. The standard InChI is InChI=1S/C23H28N2O/c26-23-20-9-5-4-8-19(20)21-13-16-12-15(10-11-18(16)22(21)25-23)14-24-17-6-2-1-3-7-17/h10-12,17,24H,1-9,13-14H2,(H,25,26). The summed E-state index contributed by atoms with van der Waals surface area (Å²) in [5.74, 6) is 0. The van der Waals surface area contributed by atoms with Crippen molar-refractivity contribution in [2.24, 2.45) is 0 Å². The van der Waals surface area contributed by atoms with Crippen LogP contribution >= 0.6 is 0 Å². The molecule has 2 aromatic rings. The van der Waals surface area contributed by atoms with Gasteiger partial charge in [0.15, 0.2) is 0 Å². The summed E-state index contributed by atoms with van der Waals surface area (Å²) < 4.78 is 0. The monoisotopic (exact) mass is 348 g/mol. The molecule has 1 aromatic carbocycles. The molecular formula is C23H28N2O. The number of H-pyrrole nitrogens is 1. The van der Waals surface area contributed by atoms with Crippen molar-refractivity contribution >= 4 is 0 Å². The molecule has 3 heteroatoms. The number of hydrogen-bond donors (Lipinski definition) is 2. The Morgan fingerprint density at radius 3 is 2.62 bits per heavy atom. The van der Waals surface area contributed by atoms with Crippen LogP contribution in [0, 0.1) is 0 Å². The van der Waals surface area contributed by atoms with Gasteiger partial charge in [0.05, 0.1) is 5.69 Å². The maximum absolute atomic E-state index is 12.5. The largest absolute Gasteiger partial charge is 0.321 e. The second-order valence-electron chi connectivity index (χ2n) is 8.36. The van der Waals surface area contributed by atoms with E-state index in [1.54, 1.807) is 0 Å². The van der Waals surface area contributed by atoms with Crippen molar-refractivity contribution in [3.05, 3.63) is 56.4 Å². The Morgan fingerprint density at radius 2 is 1.77 bits per heavy atom. The summed E-state index contributed by atoms with van der Waals surface area (Å²) in [5, 5.41) is 3.75. The number of pyridine rings is 1. The van der Waals surface area contributed by atoms with Crippen LogP contribution in [0.4, 0.5) is 0 Å². The van der Waals surface area contributed by atoms with Crippen molar-refractivity contribution in [3.8, 4) is 11.3 Å². The quantitative estimate of drug-likeness (QED) is 0.743. The lowest BCUT2D eigenvalue weighted by Gasteiger charge is -2.23. The van der Waals surface area contributed by atoms with E-state index in [1.165, 1.54) is 66.3 Å². The van der Waals surface area contributed by atoms with Gasteiger partial charge in [0.25, 0.3) is 5.56 Å². The average molecular weight is 348 g/mol. The zero-order valence-corrected chi connectivity index (χ0v) is 15.5. The van der Waals surface area contributed by atoms with E-state index >= 15 is 0 Å². The van der Waals surface area contributed by atoms with E-state index in [4.69, 9.17) is 0 Å². The minimum atomic E-state index is 0.148. The first-order valence-corrected chi connectivity index (χ1v) is 10.4. The molecule has 1 fully saturated rings. The molecule has 2 N–H and O–H groups in total. The topological polar surface area (TPSA) is 44.9 Å². The number of aromatic amines is 1. The van der Waals surface area contributed by atoms with Crippen molar-refractivity contribution in [1.82, 2.24) is 10.3 Å². The highest BCUT2D eigenvalue weighted by Gasteiger charge is 2.27. The van der Waals surface area contributed by atoms with Gasteiger partial charge in [-0.1, -0.05) is 37.5 Å². The van der Waals surface area contributed by atoms with Gasteiger partial charge in [-0.2, -0.15) is 0 Å². The van der Waals surface area contributed by atoms with E-state index in [-0.39, 0.29) is 5.56 Å². The summed E-state index contributed by atoms with van der Waals surface area (Å²) in [6.45, 7) is 0.961. The summed E-state index contributed by atoms with van der Waals surface area (Å²) in [6, 6.07) is 7.52. The smallest absolute Gasteiger partial charge is 0.251 e. The summed E-state index contributed by atoms with van der Waals surface area (Å²) >= 11 is 0. The maximum atomic E-state index is 12.5. The first-order valence-electron chi connectivity index (χ1n) is 10.4. The molecule has 3 aliphatic rings. The molecule has 0 aliphatic heterocycles. The molecule has 0 spiro atoms. The fourth-order valence-electron chi connectivity index (χ4n) is 5.24. The molecule has 26 heavy (non-hydrogen) atoms. The van der Waals surface area contributed by atoms with E-state index < -0.39 is 0 Å². The summed E-state index contributed by atoms with van der Waals surface area (Å²) in [4.78, 5) is 15.7. The molecule has 5 rings (SSSR count). The molecule has 0 atom stereocenters. The Hall–Kier alpha value is -1.87. The first kappa shape index (κ1) is 16.3. The van der Waals surface area contributed by atoms with Crippen LogP contribution in [-0.2, 0) is 25.8 Å². The van der Waals surface area contributed by atoms with Crippen molar-refractivity contribution in [1.29, 1.82) is 0 Å². The lowest BCUT2D eigenvalue weighted by molar-refractivity contribution is 0.372. The highest BCUT2D eigenvalue weighted by molar-refractivity contribution is 5.75. The molecule has 1 aromatic heterocycles. The van der Waals surface area contributed by atoms with Gasteiger partial charge < -0.3 is 10.3 Å². The first-order chi connectivity index (χ1) is 12.8. The zero-order chi connectivity index (χ0) is 17.5. The van der Waals surface area contributed by atoms with Gasteiger partial charge in [-0.15, -0.1) is 0 Å². The second-order valence-corrected chi connectivity index (χ2v) is 8.36. The molecule has 1 saturated carbocycles. The van der Waals surface area contributed by atoms with Crippen LogP contribution in [0.25, 0.3) is 11.3 Å². The Labute approximate surface area is 155 Å². The third-order valence-electron chi connectivity index (χ3n) is 6.65. The number of rotatable bonds is 3. The van der Waals surface area contributed by atoms with Crippen LogP contribution in [-0.4, -0.2) is 11.0 Å². The van der Waals surface area contributed by atoms with Crippen LogP contribution in [0.2, 0.25) is 0 Å². The van der Waals surface area contributed by atoms with Crippen molar-refractivity contribution < 1.29 is 0 Å². The summed E-state index contributed by atoms with van der Waals surface area (Å²) in [7, 11) is 0. The van der Waals surface area contributed by atoms with Gasteiger partial charge >= 0.3 is 0 Å². The van der Waals surface area contributed by atoms with Crippen LogP contribution in [0.1, 0.15) is 72.8 Å². The highest BCUT2D eigenvalue weighted by atomic mass is 16.1. The van der Waals surface area contributed by atoms with Crippen LogP contribution in [0.3, 0.4) is 0 Å². The molecule has 0 saturated heterocycles. The highest BCUT2D eigenvalue weighted by Crippen LogP contribution is 2.39. The molecule has 136 valence electrons. The average Bonchev–Trinajstić information content (AvgIpc) is 3.05. The third kappa shape index (κ3) is 2.83. The Kier molecular flexibility index (Phi) is 4.20. The van der Waals surface area contributed by atoms with Gasteiger partial charge in [-0.3, -0.25) is 4.79 Å². The van der Waals surface area contributed by atoms with E-state index in [2.05, 4.69) is 28.5 Å². The maximum Gasteiger partial charge on any atom is 0.251 e. The van der Waals surface area contributed by atoms with Crippen LogP contribution < -0.4 is 10.9 Å². The lowest BCUT2D eigenvalue weighted by Crippen LogP contribution is -2.30. The molecule has 0 bridgehead atoms. The van der Waals surface area contributed by atoms with Gasteiger partial charge in [0.1, 0.15) is 0 Å². The molecule has 3 nitrogen and oxygen atoms in total. The predicted octanol–water partition coefficient (Wildman–Crippen LogP) is 4.25. The van der Waals surface area contributed by atoms with Gasteiger partial charge in [-0.25, -0.2) is 0 Å². The summed E-state index contributed by atoms with van der Waals surface area (Å²) in [5.41, 5.74) is 9.05. The molecule has 1 heterocycles. The summed E-state index contributed by atoms with van der Waals surface area (Å²) in [6.07, 6.45) is 12.2. The Morgan fingerprint density at radius 1 is 0.962 bits per heavy atom. The predicted molar refractivity (Wildman–Crippen MR) is 106 cm³/mol. The van der Waals surface area contributed by atoms with E-state index in [1.807, 2.05) is 0 Å². The van der Waals surface area contributed by atoms with Crippen molar-refractivity contribution in [3.63, 3.8) is 0 Å². The fraction of sp³-hybridized carbons (Fsp3) is 0.522. The van der Waals surface area contributed by atoms with E-state index in [0.717, 1.165) is 43.5 Å². The third-order valence-corrected chi connectivity index (χ3v) is 6.65. The van der Waals surface area contributed by atoms with Gasteiger partial charge in [-0.05, 0) is 60.8 Å². The van der Waals surface area contributed by atoms with Crippen LogP contribution in [0.5, 0.6) is 0 Å². The molecule has 0 amide bonds. The van der Waals surface area contributed by atoms with E-state index in [9.17, 15) is 4.79 Å². The Bertz CT molecular complexity index is 890. The number of fused-ring (bicyclic) bond motifs is 5. The van der Waals surface area contributed by atoms with Gasteiger partial charge in [0.2, 0.25) is 0 Å². The molecule has 0 unspecified atom stereocenters. The minimum absolute atomic E-state index is 0.148. The molecule has 0 radical (unpaired) electrons. The van der Waals surface area contributed by atoms with Crippen molar-refractivity contribution in [2.45, 2.75) is 76.8 Å². The number of hydrogen-bond acceptors (Lipinski definition) is 2. The Balaban J connectivity index is 1.41. The number of nitrogens with one attached hydrogen (secondary N) is 2. The normalized spacial score (nSPS) is 19.1. The number of aromatic nitrogens is 1. The van der Waals surface area contributed by atoms with Crippen LogP contribution in [0.15, 0.2) is 23.0 Å². The number of benzene rings is 1. The van der Waals surface area contributed by atoms with Gasteiger partial charge in [0, 0.05) is 30.1 Å². The van der Waals surface area contributed by atoms with Crippen molar-refractivity contribution in [2.75, 3.05) is 0 Å². The molecular weight excluding hydrogens is 320 g/mol. The second kappa shape index (κ2) is 6.70. The fourth-order valence-corrected chi connectivity index (χ4v) is 5.24.